The minimum Gasteiger partial charge on any atom is -0.337 e. The predicted molar refractivity (Wildman–Crippen MR) is 109 cm³/mol. The monoisotopic (exact) mass is 426 g/mol. The van der Waals surface area contributed by atoms with Gasteiger partial charge in [-0.15, -0.1) is 0 Å². The first-order valence-corrected chi connectivity index (χ1v) is 10.9. The van der Waals surface area contributed by atoms with Crippen LogP contribution in [0.2, 0.25) is 0 Å². The van der Waals surface area contributed by atoms with Gasteiger partial charge in [-0.3, -0.25) is 19.5 Å². The van der Waals surface area contributed by atoms with Gasteiger partial charge in [0.1, 0.15) is 5.56 Å². The van der Waals surface area contributed by atoms with E-state index in [9.17, 15) is 18.4 Å². The number of aromatic nitrogens is 2. The number of fused-ring (bicyclic) bond motifs is 5. The minimum atomic E-state index is -2.64. The summed E-state index contributed by atoms with van der Waals surface area (Å²) in [6.45, 7) is 3.34. The van der Waals surface area contributed by atoms with E-state index in [-0.39, 0.29) is 30.1 Å². The van der Waals surface area contributed by atoms with Crippen LogP contribution >= 0.6 is 0 Å². The normalized spacial score (nSPS) is 30.6. The van der Waals surface area contributed by atoms with Crippen molar-refractivity contribution in [3.63, 3.8) is 0 Å². The second kappa shape index (κ2) is 6.69. The highest BCUT2D eigenvalue weighted by atomic mass is 19.3. The van der Waals surface area contributed by atoms with E-state index >= 15 is 0 Å². The predicted octanol–water partition coefficient (Wildman–Crippen LogP) is 2.20. The molecule has 0 spiro atoms. The lowest BCUT2D eigenvalue weighted by Gasteiger charge is -2.43. The third-order valence-electron chi connectivity index (χ3n) is 7.55. The van der Waals surface area contributed by atoms with E-state index in [1.54, 1.807) is 23.0 Å². The van der Waals surface area contributed by atoms with Gasteiger partial charge in [0, 0.05) is 63.3 Å². The van der Waals surface area contributed by atoms with Crippen LogP contribution in [-0.2, 0) is 13.1 Å². The third kappa shape index (κ3) is 3.03. The summed E-state index contributed by atoms with van der Waals surface area (Å²) < 4.78 is 28.7. The van der Waals surface area contributed by atoms with Gasteiger partial charge in [0.2, 0.25) is 0 Å². The van der Waals surface area contributed by atoms with Gasteiger partial charge < -0.3 is 9.47 Å². The van der Waals surface area contributed by atoms with Crippen LogP contribution in [0.3, 0.4) is 0 Å². The zero-order valence-electron chi connectivity index (χ0n) is 17.1. The zero-order chi connectivity index (χ0) is 21.3. The van der Waals surface area contributed by atoms with Gasteiger partial charge in [-0.25, -0.2) is 8.78 Å². The van der Waals surface area contributed by atoms with Crippen LogP contribution in [0.5, 0.6) is 0 Å². The van der Waals surface area contributed by atoms with Crippen LogP contribution in [0, 0.1) is 17.8 Å². The number of hydrogen-bond donors (Lipinski definition) is 0. The van der Waals surface area contributed by atoms with E-state index in [2.05, 4.69) is 9.88 Å². The molecule has 6 nitrogen and oxygen atoms in total. The second-order valence-electron chi connectivity index (χ2n) is 9.53. The Kier molecular flexibility index (Phi) is 4.12. The molecule has 8 heteroatoms. The van der Waals surface area contributed by atoms with Crippen molar-refractivity contribution in [3.05, 3.63) is 63.8 Å². The molecule has 2 aromatic rings. The molecule has 6 rings (SSSR count). The average molecular weight is 426 g/mol. The van der Waals surface area contributed by atoms with Crippen LogP contribution in [-0.4, -0.2) is 57.4 Å². The fourth-order valence-corrected chi connectivity index (χ4v) is 5.93. The highest BCUT2D eigenvalue weighted by Crippen LogP contribution is 2.59. The van der Waals surface area contributed by atoms with E-state index in [1.807, 2.05) is 18.2 Å². The lowest BCUT2D eigenvalue weighted by atomic mass is 9.82. The average Bonchev–Trinajstić information content (AvgIpc) is 3.08. The number of likely N-dealkylation sites (tertiary alicyclic amines) is 2. The Hall–Kier alpha value is -2.61. The Morgan fingerprint density at radius 3 is 2.52 bits per heavy atom. The first kappa shape index (κ1) is 19.1. The van der Waals surface area contributed by atoms with Gasteiger partial charge in [0.25, 0.3) is 17.4 Å². The maximum absolute atomic E-state index is 13.5. The van der Waals surface area contributed by atoms with Gasteiger partial charge in [0.05, 0.1) is 11.8 Å². The first-order valence-electron chi connectivity index (χ1n) is 10.9. The van der Waals surface area contributed by atoms with E-state index < -0.39 is 23.7 Å². The zero-order valence-corrected chi connectivity index (χ0v) is 17.1. The molecule has 31 heavy (non-hydrogen) atoms. The highest BCUT2D eigenvalue weighted by Gasteiger charge is 2.72. The van der Waals surface area contributed by atoms with Gasteiger partial charge >= 0.3 is 0 Å². The minimum absolute atomic E-state index is 0.0485. The number of pyridine rings is 2. The number of hydrogen-bond acceptors (Lipinski definition) is 4. The van der Waals surface area contributed by atoms with Crippen molar-refractivity contribution in [2.75, 3.05) is 26.2 Å². The summed E-state index contributed by atoms with van der Waals surface area (Å²) in [6.07, 6.45) is 4.65. The van der Waals surface area contributed by atoms with Crippen molar-refractivity contribution in [2.24, 2.45) is 17.8 Å². The first-order chi connectivity index (χ1) is 14.9. The lowest BCUT2D eigenvalue weighted by molar-refractivity contribution is 0.0457. The van der Waals surface area contributed by atoms with Gasteiger partial charge in [0.15, 0.2) is 0 Å². The van der Waals surface area contributed by atoms with Crippen molar-refractivity contribution in [1.82, 2.24) is 19.4 Å². The number of rotatable bonds is 3. The van der Waals surface area contributed by atoms with E-state index in [4.69, 9.17) is 0 Å². The molecule has 0 aromatic carbocycles. The fraction of sp³-hybridized carbons (Fsp3) is 0.522. The van der Waals surface area contributed by atoms with Crippen LogP contribution in [0.15, 0.2) is 41.5 Å². The van der Waals surface area contributed by atoms with E-state index in [1.165, 1.54) is 10.5 Å². The summed E-state index contributed by atoms with van der Waals surface area (Å²) in [4.78, 5) is 34.0. The smallest absolute Gasteiger partial charge is 0.263 e. The molecule has 3 fully saturated rings. The van der Waals surface area contributed by atoms with Crippen LogP contribution < -0.4 is 5.56 Å². The number of halogens is 2. The molecular formula is C23H24F2N4O2. The number of alkyl halides is 2. The molecular weight excluding hydrogens is 402 g/mol. The van der Waals surface area contributed by atoms with Gasteiger partial charge in [-0.05, 0) is 42.2 Å². The molecule has 1 saturated carbocycles. The Morgan fingerprint density at radius 1 is 1.03 bits per heavy atom. The molecule has 2 saturated heterocycles. The number of nitrogens with zero attached hydrogens (tertiary/aromatic N) is 4. The Bertz CT molecular complexity index is 1090. The molecule has 2 aromatic heterocycles. The molecule has 4 aliphatic rings. The summed E-state index contributed by atoms with van der Waals surface area (Å²) in [5, 5.41) is 0. The van der Waals surface area contributed by atoms with Crippen LogP contribution in [0.4, 0.5) is 8.78 Å². The number of carbonyl (C=O) groups is 1. The molecule has 3 aliphatic heterocycles. The molecule has 5 heterocycles. The van der Waals surface area contributed by atoms with Crippen molar-refractivity contribution < 1.29 is 13.6 Å². The summed E-state index contributed by atoms with van der Waals surface area (Å²) in [5.41, 5.74) is 2.05. The quantitative estimate of drug-likeness (QED) is 0.755. The highest BCUT2D eigenvalue weighted by molar-refractivity contribution is 5.94. The SMILES string of the molecule is O=C(c1ccc2n(c1=O)C[C@H]1C[C@@H]2CN(Cc2ccncc2)C1)N1CC2C(C1)C2(F)F. The largest absolute Gasteiger partial charge is 0.337 e. The maximum atomic E-state index is 13.5. The Balaban J connectivity index is 1.22. The fourth-order valence-electron chi connectivity index (χ4n) is 5.93. The van der Waals surface area contributed by atoms with E-state index in [0.717, 1.165) is 31.7 Å². The van der Waals surface area contributed by atoms with Crippen molar-refractivity contribution >= 4 is 5.91 Å². The van der Waals surface area contributed by atoms with Crippen molar-refractivity contribution in [3.8, 4) is 0 Å². The Labute approximate surface area is 178 Å². The maximum Gasteiger partial charge on any atom is 0.263 e. The van der Waals surface area contributed by atoms with Crippen molar-refractivity contribution in [2.45, 2.75) is 31.4 Å². The molecule has 162 valence electrons. The van der Waals surface area contributed by atoms with Crippen LogP contribution in [0.25, 0.3) is 0 Å². The summed E-state index contributed by atoms with van der Waals surface area (Å²) in [6, 6.07) is 7.56. The molecule has 4 atom stereocenters. The molecule has 0 N–H and O–H groups in total. The molecule has 1 aliphatic carbocycles. The second-order valence-corrected chi connectivity index (χ2v) is 9.53. The number of piperidine rings is 2. The lowest BCUT2D eigenvalue weighted by Crippen LogP contribution is -2.48. The van der Waals surface area contributed by atoms with Crippen LogP contribution in [0.1, 0.15) is 34.0 Å². The number of carbonyl (C=O) groups excluding carboxylic acids is 1. The van der Waals surface area contributed by atoms with Gasteiger partial charge in [-0.2, -0.15) is 0 Å². The molecule has 2 bridgehead atoms. The van der Waals surface area contributed by atoms with Gasteiger partial charge in [-0.1, -0.05) is 0 Å². The molecule has 0 radical (unpaired) electrons. The molecule has 2 unspecified atom stereocenters. The Morgan fingerprint density at radius 2 is 1.77 bits per heavy atom. The summed E-state index contributed by atoms with van der Waals surface area (Å²) in [5.74, 6) is -3.90. The summed E-state index contributed by atoms with van der Waals surface area (Å²) >= 11 is 0. The standard InChI is InChI=1S/C23H24F2N4O2/c24-23(25)18-12-28(13-19(18)23)21(30)17-1-2-20-16-7-15(10-29(20)22(17)31)9-27(11-16)8-14-3-5-26-6-4-14/h1-6,15-16,18-19H,7-13H2/t15-,16+,18?,19?/m0/s1. The topological polar surface area (TPSA) is 58.4 Å². The summed E-state index contributed by atoms with van der Waals surface area (Å²) in [7, 11) is 0. The third-order valence-corrected chi connectivity index (χ3v) is 7.55. The van der Waals surface area contributed by atoms with E-state index in [0.29, 0.717) is 12.5 Å². The number of amides is 1. The molecule has 1 amide bonds. The van der Waals surface area contributed by atoms with Crippen molar-refractivity contribution in [1.29, 1.82) is 0 Å².